The molecule has 0 aromatic carbocycles. The Morgan fingerprint density at radius 2 is 2.00 bits per heavy atom. The zero-order valence-electron chi connectivity index (χ0n) is 11.7. The fourth-order valence-electron chi connectivity index (χ4n) is 2.27. The first kappa shape index (κ1) is 13.3. The molecule has 1 aromatic heterocycles. The van der Waals surface area contributed by atoms with Gasteiger partial charge in [0.05, 0.1) is 6.54 Å². The quantitative estimate of drug-likeness (QED) is 0.870. The number of anilines is 1. The zero-order chi connectivity index (χ0) is 13.0. The van der Waals surface area contributed by atoms with Crippen molar-refractivity contribution in [2.24, 2.45) is 5.41 Å². The van der Waals surface area contributed by atoms with Gasteiger partial charge >= 0.3 is 6.01 Å². The van der Waals surface area contributed by atoms with E-state index < -0.39 is 0 Å². The largest absolute Gasteiger partial charge is 0.407 e. The molecule has 5 nitrogen and oxygen atoms in total. The van der Waals surface area contributed by atoms with Crippen LogP contribution in [0.3, 0.4) is 0 Å². The lowest BCUT2D eigenvalue weighted by molar-refractivity contribution is 0.233. The minimum atomic E-state index is 0.489. The number of piperidine rings is 1. The first-order valence-corrected chi connectivity index (χ1v) is 6.95. The minimum absolute atomic E-state index is 0.489. The standard InChI is InChI=1S/C13H24N4O/c1-4-13(3)6-8-17(9-7-13)12-16-15-11(18-12)10-14-5-2/h14H,4-10H2,1-3H3. The number of hydrogen-bond acceptors (Lipinski definition) is 5. The van der Waals surface area contributed by atoms with Gasteiger partial charge in [-0.25, -0.2) is 0 Å². The van der Waals surface area contributed by atoms with Gasteiger partial charge in [0, 0.05) is 13.1 Å². The van der Waals surface area contributed by atoms with Crippen LogP contribution in [0.2, 0.25) is 0 Å². The van der Waals surface area contributed by atoms with E-state index in [1.165, 1.54) is 19.3 Å². The van der Waals surface area contributed by atoms with Crippen molar-refractivity contribution in [2.75, 3.05) is 24.5 Å². The lowest BCUT2D eigenvalue weighted by Crippen LogP contribution is -2.38. The number of nitrogens with zero attached hydrogens (tertiary/aromatic N) is 3. The molecular weight excluding hydrogens is 228 g/mol. The van der Waals surface area contributed by atoms with E-state index in [1.807, 2.05) is 0 Å². The number of hydrogen-bond donors (Lipinski definition) is 1. The fraction of sp³-hybridized carbons (Fsp3) is 0.846. The first-order chi connectivity index (χ1) is 8.67. The molecule has 1 saturated heterocycles. The number of rotatable bonds is 5. The lowest BCUT2D eigenvalue weighted by atomic mass is 9.78. The normalized spacial score (nSPS) is 19.2. The van der Waals surface area contributed by atoms with Crippen molar-refractivity contribution in [3.8, 4) is 0 Å². The summed E-state index contributed by atoms with van der Waals surface area (Å²) < 4.78 is 5.67. The lowest BCUT2D eigenvalue weighted by Gasteiger charge is -2.37. The van der Waals surface area contributed by atoms with Crippen LogP contribution in [-0.2, 0) is 6.54 Å². The summed E-state index contributed by atoms with van der Waals surface area (Å²) in [5, 5.41) is 11.4. The molecule has 1 aliphatic heterocycles. The third-order valence-corrected chi connectivity index (χ3v) is 4.08. The molecule has 1 N–H and O–H groups in total. The van der Waals surface area contributed by atoms with Crippen molar-refractivity contribution in [1.82, 2.24) is 15.5 Å². The summed E-state index contributed by atoms with van der Waals surface area (Å²) in [4.78, 5) is 2.21. The third kappa shape index (κ3) is 3.02. The van der Waals surface area contributed by atoms with Crippen molar-refractivity contribution < 1.29 is 4.42 Å². The molecular formula is C13H24N4O. The summed E-state index contributed by atoms with van der Waals surface area (Å²) in [5.74, 6) is 0.677. The van der Waals surface area contributed by atoms with E-state index in [4.69, 9.17) is 4.42 Å². The molecule has 1 aromatic rings. The van der Waals surface area contributed by atoms with Gasteiger partial charge in [-0.1, -0.05) is 32.3 Å². The Kier molecular flexibility index (Phi) is 4.22. The molecule has 2 rings (SSSR count). The van der Waals surface area contributed by atoms with Gasteiger partial charge in [0.25, 0.3) is 0 Å². The second-order valence-electron chi connectivity index (χ2n) is 5.41. The molecule has 0 spiro atoms. The van der Waals surface area contributed by atoms with Gasteiger partial charge in [-0.15, -0.1) is 5.10 Å². The maximum Gasteiger partial charge on any atom is 0.318 e. The Morgan fingerprint density at radius 3 is 2.61 bits per heavy atom. The summed E-state index contributed by atoms with van der Waals surface area (Å²) >= 11 is 0. The monoisotopic (exact) mass is 252 g/mol. The second kappa shape index (κ2) is 5.69. The van der Waals surface area contributed by atoms with Gasteiger partial charge in [-0.3, -0.25) is 0 Å². The highest BCUT2D eigenvalue weighted by Gasteiger charge is 2.30. The fourth-order valence-corrected chi connectivity index (χ4v) is 2.27. The van der Waals surface area contributed by atoms with Crippen molar-refractivity contribution in [3.05, 3.63) is 5.89 Å². The average Bonchev–Trinajstić information content (AvgIpc) is 2.86. The molecule has 0 bridgehead atoms. The van der Waals surface area contributed by atoms with E-state index in [9.17, 15) is 0 Å². The van der Waals surface area contributed by atoms with Gasteiger partial charge < -0.3 is 14.6 Å². The topological polar surface area (TPSA) is 54.2 Å². The highest BCUT2D eigenvalue weighted by atomic mass is 16.4. The summed E-state index contributed by atoms with van der Waals surface area (Å²) in [6.45, 7) is 10.3. The predicted molar refractivity (Wildman–Crippen MR) is 71.5 cm³/mol. The van der Waals surface area contributed by atoms with Crippen molar-refractivity contribution in [1.29, 1.82) is 0 Å². The van der Waals surface area contributed by atoms with Crippen LogP contribution in [0.4, 0.5) is 6.01 Å². The second-order valence-corrected chi connectivity index (χ2v) is 5.41. The van der Waals surface area contributed by atoms with Crippen LogP contribution in [0.1, 0.15) is 45.9 Å². The Morgan fingerprint density at radius 1 is 1.28 bits per heavy atom. The van der Waals surface area contributed by atoms with E-state index in [1.54, 1.807) is 0 Å². The average molecular weight is 252 g/mol. The van der Waals surface area contributed by atoms with Crippen LogP contribution >= 0.6 is 0 Å². The van der Waals surface area contributed by atoms with E-state index in [0.29, 0.717) is 23.9 Å². The highest BCUT2D eigenvalue weighted by Crippen LogP contribution is 2.35. The molecule has 0 unspecified atom stereocenters. The summed E-state index contributed by atoms with van der Waals surface area (Å²) in [6, 6.07) is 0.682. The molecule has 5 heteroatoms. The molecule has 0 saturated carbocycles. The van der Waals surface area contributed by atoms with Crippen LogP contribution in [0, 0.1) is 5.41 Å². The smallest absolute Gasteiger partial charge is 0.318 e. The molecule has 1 aliphatic rings. The molecule has 0 atom stereocenters. The number of aromatic nitrogens is 2. The molecule has 2 heterocycles. The SMILES string of the molecule is CCNCc1nnc(N2CCC(C)(CC)CC2)o1. The van der Waals surface area contributed by atoms with Gasteiger partial charge in [-0.05, 0) is 24.8 Å². The van der Waals surface area contributed by atoms with Crippen LogP contribution in [0.5, 0.6) is 0 Å². The van der Waals surface area contributed by atoms with Crippen LogP contribution in [0.25, 0.3) is 0 Å². The van der Waals surface area contributed by atoms with Crippen molar-refractivity contribution >= 4 is 6.01 Å². The van der Waals surface area contributed by atoms with Gasteiger partial charge in [0.1, 0.15) is 0 Å². The van der Waals surface area contributed by atoms with Crippen molar-refractivity contribution in [2.45, 2.75) is 46.6 Å². The van der Waals surface area contributed by atoms with Crippen LogP contribution in [0.15, 0.2) is 4.42 Å². The van der Waals surface area contributed by atoms with Gasteiger partial charge in [0.15, 0.2) is 0 Å². The maximum atomic E-state index is 5.67. The van der Waals surface area contributed by atoms with Gasteiger partial charge in [-0.2, -0.15) is 0 Å². The van der Waals surface area contributed by atoms with E-state index in [0.717, 1.165) is 19.6 Å². The highest BCUT2D eigenvalue weighted by molar-refractivity contribution is 5.25. The number of nitrogens with one attached hydrogen (secondary N) is 1. The Hall–Kier alpha value is -1.10. The van der Waals surface area contributed by atoms with E-state index >= 15 is 0 Å². The molecule has 102 valence electrons. The summed E-state index contributed by atoms with van der Waals surface area (Å²) in [7, 11) is 0. The Bertz CT molecular complexity index is 369. The molecule has 0 amide bonds. The van der Waals surface area contributed by atoms with Crippen molar-refractivity contribution in [3.63, 3.8) is 0 Å². The minimum Gasteiger partial charge on any atom is -0.407 e. The van der Waals surface area contributed by atoms with E-state index in [2.05, 4.69) is 41.2 Å². The molecule has 0 aliphatic carbocycles. The molecule has 1 fully saturated rings. The van der Waals surface area contributed by atoms with E-state index in [-0.39, 0.29) is 0 Å². The molecule has 0 radical (unpaired) electrons. The van der Waals surface area contributed by atoms with Crippen LogP contribution in [-0.4, -0.2) is 29.8 Å². The Balaban J connectivity index is 1.91. The first-order valence-electron chi connectivity index (χ1n) is 6.95. The third-order valence-electron chi connectivity index (χ3n) is 4.08. The van der Waals surface area contributed by atoms with Gasteiger partial charge in [0.2, 0.25) is 5.89 Å². The Labute approximate surface area is 109 Å². The molecule has 18 heavy (non-hydrogen) atoms. The maximum absolute atomic E-state index is 5.67. The summed E-state index contributed by atoms with van der Waals surface area (Å²) in [6.07, 6.45) is 3.65. The zero-order valence-corrected chi connectivity index (χ0v) is 11.7. The van der Waals surface area contributed by atoms with Crippen LogP contribution < -0.4 is 10.2 Å². The summed E-state index contributed by atoms with van der Waals surface area (Å²) in [5.41, 5.74) is 0.489. The predicted octanol–water partition coefficient (Wildman–Crippen LogP) is 2.20.